The number of nitrogens with one attached hydrogen (secondary N) is 1. The maximum Gasteiger partial charge on any atom is 0.226 e. The summed E-state index contributed by atoms with van der Waals surface area (Å²) >= 11 is 6.07. The second-order valence-corrected chi connectivity index (χ2v) is 7.68. The molecule has 6 nitrogen and oxygen atoms in total. The summed E-state index contributed by atoms with van der Waals surface area (Å²) < 4.78 is 10.9. The molecule has 1 saturated heterocycles. The highest BCUT2D eigenvalue weighted by molar-refractivity contribution is 6.30. The van der Waals surface area contributed by atoms with Crippen LogP contribution in [0.15, 0.2) is 28.7 Å². The summed E-state index contributed by atoms with van der Waals surface area (Å²) in [5, 5.41) is 3.68. The molecule has 152 valence electrons. The van der Waals surface area contributed by atoms with Crippen LogP contribution in [0.2, 0.25) is 5.02 Å². The summed E-state index contributed by atoms with van der Waals surface area (Å²) in [6.45, 7) is 5.65. The van der Waals surface area contributed by atoms with Crippen LogP contribution in [-0.2, 0) is 16.1 Å². The number of methoxy groups -OCH3 is 1. The number of hydrogen-bond acceptors (Lipinski definition) is 5. The Kier molecular flexibility index (Phi) is 7.48. The van der Waals surface area contributed by atoms with Crippen molar-refractivity contribution in [2.24, 2.45) is 5.92 Å². The highest BCUT2D eigenvalue weighted by Gasteiger charge is 2.26. The molecule has 1 fully saturated rings. The van der Waals surface area contributed by atoms with Crippen molar-refractivity contribution < 1.29 is 13.9 Å². The highest BCUT2D eigenvalue weighted by Crippen LogP contribution is 2.26. The van der Waals surface area contributed by atoms with E-state index in [9.17, 15) is 4.79 Å². The normalized spacial score (nSPS) is 17.6. The van der Waals surface area contributed by atoms with Crippen molar-refractivity contribution in [3.8, 4) is 11.5 Å². The lowest BCUT2D eigenvalue weighted by molar-refractivity contribution is -0.126. The topological polar surface area (TPSA) is 67.6 Å². The van der Waals surface area contributed by atoms with Crippen molar-refractivity contribution in [2.75, 3.05) is 33.4 Å². The summed E-state index contributed by atoms with van der Waals surface area (Å²) in [7, 11) is 1.67. The lowest BCUT2D eigenvalue weighted by Gasteiger charge is -2.31. The highest BCUT2D eigenvalue weighted by atomic mass is 35.5. The number of ether oxygens (including phenoxy) is 1. The fourth-order valence-corrected chi connectivity index (χ4v) is 3.71. The smallest absolute Gasteiger partial charge is 0.226 e. The van der Waals surface area contributed by atoms with Gasteiger partial charge in [-0.05, 0) is 50.9 Å². The summed E-state index contributed by atoms with van der Waals surface area (Å²) in [4.78, 5) is 19.4. The molecule has 0 aliphatic carbocycles. The maximum atomic E-state index is 12.4. The number of carbonyl (C=O) groups excluding carboxylic acids is 1. The Hall–Kier alpha value is -1.89. The molecular weight excluding hydrogens is 378 g/mol. The van der Waals surface area contributed by atoms with Crippen LogP contribution in [0.5, 0.6) is 0 Å². The van der Waals surface area contributed by atoms with E-state index < -0.39 is 0 Å². The third kappa shape index (κ3) is 5.56. The number of hydrogen-bond donors (Lipinski definition) is 1. The van der Waals surface area contributed by atoms with Crippen LogP contribution in [0.3, 0.4) is 0 Å². The zero-order valence-corrected chi connectivity index (χ0v) is 17.3. The molecule has 1 amide bonds. The van der Waals surface area contributed by atoms with Crippen LogP contribution < -0.4 is 5.32 Å². The number of aryl methyl sites for hydroxylation is 1. The molecule has 0 radical (unpaired) electrons. The number of halogens is 1. The van der Waals surface area contributed by atoms with Gasteiger partial charge in [0, 0.05) is 43.9 Å². The summed E-state index contributed by atoms with van der Waals surface area (Å²) in [6, 6.07) is 7.50. The fraction of sp³-hybridized carbons (Fsp3) is 0.524. The van der Waals surface area contributed by atoms with Crippen molar-refractivity contribution in [1.29, 1.82) is 0 Å². The van der Waals surface area contributed by atoms with E-state index in [4.69, 9.17) is 20.8 Å². The first-order valence-electron chi connectivity index (χ1n) is 9.78. The number of amides is 1. The van der Waals surface area contributed by atoms with E-state index in [2.05, 4.69) is 15.2 Å². The van der Waals surface area contributed by atoms with Crippen LogP contribution in [0, 0.1) is 12.8 Å². The van der Waals surface area contributed by atoms with Crippen LogP contribution >= 0.6 is 11.6 Å². The Labute approximate surface area is 171 Å². The number of likely N-dealkylation sites (tertiary alicyclic amines) is 1. The molecule has 2 aromatic rings. The molecule has 1 N–H and O–H groups in total. The molecule has 1 aliphatic heterocycles. The van der Waals surface area contributed by atoms with Gasteiger partial charge in [0.05, 0.1) is 11.6 Å². The van der Waals surface area contributed by atoms with E-state index in [1.165, 1.54) is 0 Å². The first-order chi connectivity index (χ1) is 13.6. The summed E-state index contributed by atoms with van der Waals surface area (Å²) in [5.41, 5.74) is 1.78. The van der Waals surface area contributed by atoms with Gasteiger partial charge in [0.2, 0.25) is 11.8 Å². The molecule has 1 aromatic carbocycles. The van der Waals surface area contributed by atoms with Gasteiger partial charge in [-0.25, -0.2) is 4.98 Å². The van der Waals surface area contributed by atoms with Gasteiger partial charge in [-0.1, -0.05) is 17.7 Å². The lowest BCUT2D eigenvalue weighted by Crippen LogP contribution is -2.43. The first-order valence-corrected chi connectivity index (χ1v) is 10.2. The number of aromatic nitrogens is 1. The van der Waals surface area contributed by atoms with Gasteiger partial charge in [0.25, 0.3) is 0 Å². The molecule has 1 atom stereocenters. The van der Waals surface area contributed by atoms with Gasteiger partial charge in [0.15, 0.2) is 0 Å². The number of carbonyl (C=O) groups is 1. The second-order valence-electron chi connectivity index (χ2n) is 7.24. The van der Waals surface area contributed by atoms with E-state index >= 15 is 0 Å². The van der Waals surface area contributed by atoms with E-state index in [0.29, 0.717) is 30.6 Å². The molecule has 0 bridgehead atoms. The van der Waals surface area contributed by atoms with Crippen molar-refractivity contribution in [3.05, 3.63) is 40.7 Å². The largest absolute Gasteiger partial charge is 0.441 e. The van der Waals surface area contributed by atoms with Gasteiger partial charge in [0.1, 0.15) is 5.76 Å². The van der Waals surface area contributed by atoms with Crippen molar-refractivity contribution in [2.45, 2.75) is 32.7 Å². The monoisotopic (exact) mass is 405 g/mol. The minimum atomic E-state index is 0.0240. The average molecular weight is 406 g/mol. The van der Waals surface area contributed by atoms with Crippen LogP contribution in [0.25, 0.3) is 11.5 Å². The van der Waals surface area contributed by atoms with E-state index in [0.717, 1.165) is 49.4 Å². The molecule has 0 saturated carbocycles. The standard InChI is InChI=1S/C21H28ClN3O3/c1-15-19(24-21(28-15)16-6-3-8-18(22)12-16)14-25-10-4-7-17(13-25)20(26)23-9-5-11-27-2/h3,6,8,12,17H,4-5,7,9-11,13-14H2,1-2H3,(H,23,26). The number of piperidine rings is 1. The Bertz CT molecular complexity index is 793. The first kappa shape index (κ1) is 20.8. The van der Waals surface area contributed by atoms with E-state index in [1.54, 1.807) is 7.11 Å². The van der Waals surface area contributed by atoms with Crippen LogP contribution in [0.1, 0.15) is 30.7 Å². The molecular formula is C21H28ClN3O3. The minimum absolute atomic E-state index is 0.0240. The Balaban J connectivity index is 1.58. The van der Waals surface area contributed by atoms with Gasteiger partial charge < -0.3 is 14.5 Å². The summed E-state index contributed by atoms with van der Waals surface area (Å²) in [6.07, 6.45) is 2.77. The SMILES string of the molecule is COCCCNC(=O)C1CCCN(Cc2nc(-c3cccc(Cl)c3)oc2C)C1. The fourth-order valence-electron chi connectivity index (χ4n) is 3.52. The third-order valence-electron chi connectivity index (χ3n) is 5.04. The van der Waals surface area contributed by atoms with Crippen LogP contribution in [-0.4, -0.2) is 49.1 Å². The van der Waals surface area contributed by atoms with E-state index in [1.807, 2.05) is 31.2 Å². The quantitative estimate of drug-likeness (QED) is 0.678. The Morgan fingerprint density at radius 1 is 1.46 bits per heavy atom. The number of benzene rings is 1. The molecule has 0 spiro atoms. The molecule has 1 aliphatic rings. The molecule has 1 unspecified atom stereocenters. The number of rotatable bonds is 8. The maximum absolute atomic E-state index is 12.4. The Morgan fingerprint density at radius 3 is 3.11 bits per heavy atom. The van der Waals surface area contributed by atoms with Crippen LogP contribution in [0.4, 0.5) is 0 Å². The zero-order chi connectivity index (χ0) is 19.9. The third-order valence-corrected chi connectivity index (χ3v) is 5.27. The lowest BCUT2D eigenvalue weighted by atomic mass is 9.97. The van der Waals surface area contributed by atoms with Gasteiger partial charge in [-0.2, -0.15) is 0 Å². The van der Waals surface area contributed by atoms with Crippen molar-refractivity contribution >= 4 is 17.5 Å². The van der Waals surface area contributed by atoms with Gasteiger partial charge in [-0.3, -0.25) is 9.69 Å². The minimum Gasteiger partial charge on any atom is -0.441 e. The zero-order valence-electron chi connectivity index (χ0n) is 16.5. The molecule has 1 aromatic heterocycles. The van der Waals surface area contributed by atoms with Crippen molar-refractivity contribution in [3.63, 3.8) is 0 Å². The summed E-state index contributed by atoms with van der Waals surface area (Å²) in [5.74, 6) is 1.55. The average Bonchev–Trinajstić information content (AvgIpc) is 3.06. The molecule has 28 heavy (non-hydrogen) atoms. The molecule has 3 rings (SSSR count). The predicted octanol–water partition coefficient (Wildman–Crippen LogP) is 3.67. The van der Waals surface area contributed by atoms with Crippen molar-refractivity contribution in [1.82, 2.24) is 15.2 Å². The second kappa shape index (κ2) is 10.0. The van der Waals surface area contributed by atoms with E-state index in [-0.39, 0.29) is 11.8 Å². The molecule has 2 heterocycles. The number of oxazole rings is 1. The molecule has 7 heteroatoms. The van der Waals surface area contributed by atoms with Gasteiger partial charge >= 0.3 is 0 Å². The Morgan fingerprint density at radius 2 is 2.32 bits per heavy atom. The predicted molar refractivity (Wildman–Crippen MR) is 109 cm³/mol. The number of nitrogens with zero attached hydrogens (tertiary/aromatic N) is 2. The van der Waals surface area contributed by atoms with Gasteiger partial charge in [-0.15, -0.1) is 0 Å².